The second-order valence-electron chi connectivity index (χ2n) is 10.1. The maximum absolute atomic E-state index is 12.9. The molecule has 0 radical (unpaired) electrons. The molecule has 2 amide bonds. The van der Waals surface area contributed by atoms with Crippen LogP contribution in [0.4, 0.5) is 0 Å². The molecule has 3 aliphatic rings. The molecule has 206 valence electrons. The molecule has 5 heterocycles. The van der Waals surface area contributed by atoms with E-state index < -0.39 is 5.97 Å². The fourth-order valence-corrected chi connectivity index (χ4v) is 5.55. The minimum atomic E-state index is -1.05. The van der Waals surface area contributed by atoms with Crippen molar-refractivity contribution < 1.29 is 23.9 Å². The topological polar surface area (TPSA) is 125 Å². The zero-order valence-electron chi connectivity index (χ0n) is 22.0. The Balaban J connectivity index is 0.000000210. The number of aliphatic carboxylic acids is 1. The number of para-hydroxylation sites is 1. The number of piperidine rings is 3. The number of amides is 2. The normalized spacial score (nSPS) is 21.2. The summed E-state index contributed by atoms with van der Waals surface area (Å²) in [6.45, 7) is 1.88. The Morgan fingerprint density at radius 3 is 2.40 bits per heavy atom. The number of rotatable bonds is 7. The molecule has 2 atom stereocenters. The minimum absolute atomic E-state index is 0.110. The predicted octanol–water partition coefficient (Wildman–Crippen LogP) is 3.76. The van der Waals surface area contributed by atoms with Crippen molar-refractivity contribution in [3.05, 3.63) is 102 Å². The summed E-state index contributed by atoms with van der Waals surface area (Å²) in [6, 6.07) is 22.6. The quantitative estimate of drug-likeness (QED) is 0.326. The van der Waals surface area contributed by atoms with E-state index in [1.807, 2.05) is 42.6 Å². The summed E-state index contributed by atoms with van der Waals surface area (Å²) in [7, 11) is 0. The molecule has 0 saturated carbocycles. The summed E-state index contributed by atoms with van der Waals surface area (Å²) in [5.41, 5.74) is 2.44. The summed E-state index contributed by atoms with van der Waals surface area (Å²) in [5.74, 6) is -0.605. The highest BCUT2D eigenvalue weighted by Crippen LogP contribution is 2.34. The number of pyridine rings is 1. The first-order valence-electron chi connectivity index (χ1n) is 13.5. The number of carboxylic acids is 1. The Morgan fingerprint density at radius 2 is 1.70 bits per heavy atom. The molecule has 3 saturated heterocycles. The Morgan fingerprint density at radius 1 is 0.950 bits per heavy atom. The van der Waals surface area contributed by atoms with Gasteiger partial charge in [-0.25, -0.2) is 0 Å². The van der Waals surface area contributed by atoms with Crippen LogP contribution in [-0.2, 0) is 11.2 Å². The van der Waals surface area contributed by atoms with Gasteiger partial charge in [0.1, 0.15) is 12.1 Å². The number of carbonyl (C=O) groups is 3. The highest BCUT2D eigenvalue weighted by atomic mass is 16.4. The van der Waals surface area contributed by atoms with Crippen LogP contribution < -0.4 is 10.6 Å². The number of benzene rings is 2. The molecule has 4 aromatic rings. The number of fused-ring (bicyclic) bond motifs is 4. The fourth-order valence-electron chi connectivity index (χ4n) is 5.55. The van der Waals surface area contributed by atoms with E-state index in [1.165, 1.54) is 5.56 Å². The van der Waals surface area contributed by atoms with E-state index in [9.17, 15) is 14.4 Å². The van der Waals surface area contributed by atoms with E-state index in [1.54, 1.807) is 36.5 Å². The van der Waals surface area contributed by atoms with Crippen LogP contribution in [0.5, 0.6) is 0 Å². The first-order valence-corrected chi connectivity index (χ1v) is 13.5. The second-order valence-corrected chi connectivity index (χ2v) is 10.1. The molecule has 3 N–H and O–H groups in total. The molecular formula is C31H32N4O5. The van der Waals surface area contributed by atoms with Crippen LogP contribution in [0.15, 0.2) is 89.6 Å². The van der Waals surface area contributed by atoms with Crippen LogP contribution in [0.1, 0.15) is 39.3 Å². The van der Waals surface area contributed by atoms with Crippen molar-refractivity contribution >= 4 is 28.8 Å². The maximum Gasteiger partial charge on any atom is 0.322 e. The van der Waals surface area contributed by atoms with Crippen molar-refractivity contribution in [1.82, 2.24) is 20.5 Å². The van der Waals surface area contributed by atoms with Crippen molar-refractivity contribution in [3.8, 4) is 0 Å². The second kappa shape index (κ2) is 12.6. The molecule has 2 aromatic carbocycles. The number of aromatic nitrogens is 1. The van der Waals surface area contributed by atoms with Gasteiger partial charge >= 0.3 is 5.97 Å². The Hall–Kier alpha value is -4.50. The van der Waals surface area contributed by atoms with Gasteiger partial charge in [0.25, 0.3) is 11.8 Å². The molecule has 0 spiro atoms. The standard InChI is InChI=1S/C22H23N3O2.C9H9NO3/c26-22(20-13-17-5-1-2-6-19(17)27-20)24-21-16-7-10-25(11-8-16)18(21)12-15-4-3-9-23-14-15;11-8(12)6-10-9(13)7-4-2-1-3-5-7/h1-6,9,13-14,16,18,21H,7-8,10-12H2,(H,24,26);1-5H,6H2,(H,10,13)(H,11,12). The van der Waals surface area contributed by atoms with E-state index in [4.69, 9.17) is 9.52 Å². The van der Waals surface area contributed by atoms with Gasteiger partial charge in [-0.1, -0.05) is 42.5 Å². The van der Waals surface area contributed by atoms with Crippen LogP contribution in [0, 0.1) is 5.92 Å². The average molecular weight is 541 g/mol. The molecule has 9 nitrogen and oxygen atoms in total. The molecule has 2 aromatic heterocycles. The van der Waals surface area contributed by atoms with Crippen LogP contribution >= 0.6 is 0 Å². The smallest absolute Gasteiger partial charge is 0.322 e. The lowest BCUT2D eigenvalue weighted by atomic mass is 9.76. The number of nitrogens with one attached hydrogen (secondary N) is 2. The molecule has 0 aliphatic carbocycles. The molecule has 7 rings (SSSR count). The highest BCUT2D eigenvalue weighted by molar-refractivity contribution is 5.96. The van der Waals surface area contributed by atoms with E-state index in [0.29, 0.717) is 23.3 Å². The molecule has 3 aliphatic heterocycles. The van der Waals surface area contributed by atoms with Crippen molar-refractivity contribution in [1.29, 1.82) is 0 Å². The van der Waals surface area contributed by atoms with E-state index in [-0.39, 0.29) is 24.4 Å². The maximum atomic E-state index is 12.9. The largest absolute Gasteiger partial charge is 0.480 e. The lowest BCUT2D eigenvalue weighted by Crippen LogP contribution is -2.64. The van der Waals surface area contributed by atoms with Gasteiger partial charge in [-0.2, -0.15) is 0 Å². The van der Waals surface area contributed by atoms with Crippen molar-refractivity contribution in [3.63, 3.8) is 0 Å². The zero-order chi connectivity index (χ0) is 27.9. The number of hydrogen-bond acceptors (Lipinski definition) is 6. The van der Waals surface area contributed by atoms with E-state index >= 15 is 0 Å². The van der Waals surface area contributed by atoms with Gasteiger partial charge in [0.05, 0.1) is 0 Å². The van der Waals surface area contributed by atoms with Gasteiger partial charge in [0.2, 0.25) is 0 Å². The number of hydrogen-bond donors (Lipinski definition) is 3. The van der Waals surface area contributed by atoms with Gasteiger partial charge in [-0.3, -0.25) is 24.3 Å². The van der Waals surface area contributed by atoms with Crippen LogP contribution in [0.25, 0.3) is 11.0 Å². The van der Waals surface area contributed by atoms with E-state index in [0.717, 1.165) is 43.3 Å². The number of carbonyl (C=O) groups excluding carboxylic acids is 2. The fraction of sp³-hybridized carbons (Fsp3) is 0.290. The van der Waals surface area contributed by atoms with Gasteiger partial charge in [-0.05, 0) is 74.2 Å². The van der Waals surface area contributed by atoms with Crippen LogP contribution in [0.3, 0.4) is 0 Å². The zero-order valence-corrected chi connectivity index (χ0v) is 22.0. The molecule has 2 bridgehead atoms. The van der Waals surface area contributed by atoms with Crippen LogP contribution in [-0.4, -0.2) is 64.5 Å². The summed E-state index contributed by atoms with van der Waals surface area (Å²) < 4.78 is 5.77. The Kier molecular flexibility index (Phi) is 8.51. The molecular weight excluding hydrogens is 508 g/mol. The first kappa shape index (κ1) is 27.1. The monoisotopic (exact) mass is 540 g/mol. The number of furan rings is 1. The van der Waals surface area contributed by atoms with Gasteiger partial charge in [0, 0.05) is 35.4 Å². The molecule has 2 unspecified atom stereocenters. The third-order valence-corrected chi connectivity index (χ3v) is 7.52. The minimum Gasteiger partial charge on any atom is -0.480 e. The summed E-state index contributed by atoms with van der Waals surface area (Å²) in [6.07, 6.45) is 6.94. The van der Waals surface area contributed by atoms with Gasteiger partial charge in [-0.15, -0.1) is 0 Å². The SMILES string of the molecule is O=C(NC1C2CCN(CC2)C1Cc1cccnc1)c1cc2ccccc2o1.O=C(O)CNC(=O)c1ccccc1. The molecule has 9 heteroatoms. The Labute approximate surface area is 232 Å². The predicted molar refractivity (Wildman–Crippen MR) is 150 cm³/mol. The average Bonchev–Trinajstić information content (AvgIpc) is 3.44. The van der Waals surface area contributed by atoms with E-state index in [2.05, 4.69) is 26.6 Å². The third-order valence-electron chi connectivity index (χ3n) is 7.52. The molecule has 40 heavy (non-hydrogen) atoms. The van der Waals surface area contributed by atoms with Gasteiger partial charge in [0.15, 0.2) is 5.76 Å². The number of carboxylic acid groups (broad SMARTS) is 1. The third kappa shape index (κ3) is 6.55. The Bertz CT molecular complexity index is 1420. The summed E-state index contributed by atoms with van der Waals surface area (Å²) >= 11 is 0. The van der Waals surface area contributed by atoms with Crippen molar-refractivity contribution in [2.75, 3.05) is 19.6 Å². The lowest BCUT2D eigenvalue weighted by molar-refractivity contribution is -0.135. The molecule has 3 fully saturated rings. The number of nitrogens with zero attached hydrogens (tertiary/aromatic N) is 2. The van der Waals surface area contributed by atoms with Gasteiger partial charge < -0.3 is 20.2 Å². The highest BCUT2D eigenvalue weighted by Gasteiger charge is 2.43. The first-order chi connectivity index (χ1) is 19.5. The van der Waals surface area contributed by atoms with Crippen molar-refractivity contribution in [2.24, 2.45) is 5.92 Å². The lowest BCUT2D eigenvalue weighted by Gasteiger charge is -2.51. The van der Waals surface area contributed by atoms with Crippen LogP contribution in [0.2, 0.25) is 0 Å². The summed E-state index contributed by atoms with van der Waals surface area (Å²) in [4.78, 5) is 41.0. The van der Waals surface area contributed by atoms with Crippen molar-refractivity contribution in [2.45, 2.75) is 31.3 Å². The summed E-state index contributed by atoms with van der Waals surface area (Å²) in [5, 5.41) is 14.8.